The van der Waals surface area contributed by atoms with E-state index in [0.29, 0.717) is 11.1 Å². The Kier molecular flexibility index (Phi) is 4.90. The Labute approximate surface area is 112 Å². The molecule has 0 bridgehead atoms. The van der Waals surface area contributed by atoms with E-state index < -0.39 is 24.6 Å². The van der Waals surface area contributed by atoms with E-state index >= 15 is 0 Å². The summed E-state index contributed by atoms with van der Waals surface area (Å²) in [6.07, 6.45) is -2.34. The van der Waals surface area contributed by atoms with E-state index in [1.165, 1.54) is 18.2 Å². The van der Waals surface area contributed by atoms with E-state index in [1.807, 2.05) is 0 Å². The molecule has 7 heteroatoms. The van der Waals surface area contributed by atoms with Crippen LogP contribution in [0.3, 0.4) is 0 Å². The Morgan fingerprint density at radius 1 is 1.30 bits per heavy atom. The van der Waals surface area contributed by atoms with Crippen LogP contribution in [-0.2, 0) is 4.79 Å². The van der Waals surface area contributed by atoms with Crippen LogP contribution in [0.5, 0.6) is 0 Å². The van der Waals surface area contributed by atoms with Crippen LogP contribution in [0, 0.1) is 6.92 Å². The third kappa shape index (κ3) is 5.55. The van der Waals surface area contributed by atoms with Crippen molar-refractivity contribution in [2.45, 2.75) is 13.1 Å². The first-order valence-electron chi connectivity index (χ1n) is 5.55. The second kappa shape index (κ2) is 6.23. The van der Waals surface area contributed by atoms with Gasteiger partial charge in [0.2, 0.25) is 0 Å². The molecule has 0 radical (unpaired) electrons. The summed E-state index contributed by atoms with van der Waals surface area (Å²) in [5.74, 6) is -2.02. The standard InChI is InChI=1S/C13H12F3NO3/c1-8-4-9(2-3-11(18)19)6-10(5-8)12(20)17-7-13(14,15)16/h2-6H,7H2,1H3,(H,17,20)(H,18,19)/b3-2+. The van der Waals surface area contributed by atoms with Gasteiger partial charge in [0.15, 0.2) is 0 Å². The number of benzene rings is 1. The van der Waals surface area contributed by atoms with E-state index in [1.54, 1.807) is 18.3 Å². The van der Waals surface area contributed by atoms with Crippen molar-refractivity contribution in [3.63, 3.8) is 0 Å². The van der Waals surface area contributed by atoms with Gasteiger partial charge in [0.1, 0.15) is 6.54 Å². The number of amides is 1. The summed E-state index contributed by atoms with van der Waals surface area (Å²) in [7, 11) is 0. The largest absolute Gasteiger partial charge is 0.478 e. The minimum absolute atomic E-state index is 0.0410. The summed E-state index contributed by atoms with van der Waals surface area (Å²) in [6.45, 7) is 0.235. The lowest BCUT2D eigenvalue weighted by Gasteiger charge is -2.09. The first-order valence-corrected chi connectivity index (χ1v) is 5.55. The molecule has 4 nitrogen and oxygen atoms in total. The molecular weight excluding hydrogens is 275 g/mol. The Hall–Kier alpha value is -2.31. The fourth-order valence-corrected chi connectivity index (χ4v) is 1.49. The molecule has 1 aromatic carbocycles. The predicted molar refractivity (Wildman–Crippen MR) is 66.2 cm³/mol. The number of rotatable bonds is 4. The molecule has 2 N–H and O–H groups in total. The predicted octanol–water partition coefficient (Wildman–Crippen LogP) is 2.38. The number of halogens is 3. The van der Waals surface area contributed by atoms with E-state index in [-0.39, 0.29) is 5.56 Å². The van der Waals surface area contributed by atoms with E-state index in [9.17, 15) is 22.8 Å². The maximum absolute atomic E-state index is 12.0. The van der Waals surface area contributed by atoms with Crippen molar-refractivity contribution >= 4 is 18.0 Å². The number of carbonyl (C=O) groups is 2. The molecule has 108 valence electrons. The van der Waals surface area contributed by atoms with Crippen LogP contribution < -0.4 is 5.32 Å². The van der Waals surface area contributed by atoms with Crippen molar-refractivity contribution in [3.05, 3.63) is 41.0 Å². The van der Waals surface area contributed by atoms with Gasteiger partial charge in [-0.1, -0.05) is 6.07 Å². The summed E-state index contributed by atoms with van der Waals surface area (Å²) in [5.41, 5.74) is 1.10. The molecule has 0 aliphatic heterocycles. The number of alkyl halides is 3. The zero-order valence-corrected chi connectivity index (χ0v) is 10.5. The van der Waals surface area contributed by atoms with Crippen molar-refractivity contribution in [1.29, 1.82) is 0 Å². The van der Waals surface area contributed by atoms with Gasteiger partial charge < -0.3 is 10.4 Å². The molecule has 0 aromatic heterocycles. The van der Waals surface area contributed by atoms with Crippen molar-refractivity contribution in [1.82, 2.24) is 5.32 Å². The van der Waals surface area contributed by atoms with Gasteiger partial charge in [-0.25, -0.2) is 4.79 Å². The van der Waals surface area contributed by atoms with Crippen LogP contribution in [0.1, 0.15) is 21.5 Å². The zero-order chi connectivity index (χ0) is 15.3. The molecule has 20 heavy (non-hydrogen) atoms. The molecule has 0 saturated heterocycles. The summed E-state index contributed by atoms with van der Waals surface area (Å²) in [5, 5.41) is 10.3. The lowest BCUT2D eigenvalue weighted by molar-refractivity contribution is -0.131. The average molecular weight is 287 g/mol. The molecule has 1 rings (SSSR count). The first kappa shape index (κ1) is 15.7. The van der Waals surface area contributed by atoms with Crippen LogP contribution in [0.25, 0.3) is 6.08 Å². The fraction of sp³-hybridized carbons (Fsp3) is 0.231. The second-order valence-corrected chi connectivity index (χ2v) is 4.10. The second-order valence-electron chi connectivity index (χ2n) is 4.10. The number of carbonyl (C=O) groups excluding carboxylic acids is 1. The normalized spacial score (nSPS) is 11.6. The van der Waals surface area contributed by atoms with E-state index in [4.69, 9.17) is 5.11 Å². The molecule has 0 unspecified atom stereocenters. The van der Waals surface area contributed by atoms with Crippen LogP contribution >= 0.6 is 0 Å². The van der Waals surface area contributed by atoms with Gasteiger partial charge in [0, 0.05) is 11.6 Å². The highest BCUT2D eigenvalue weighted by Crippen LogP contribution is 2.14. The summed E-state index contributed by atoms with van der Waals surface area (Å²) in [6, 6.07) is 4.35. The van der Waals surface area contributed by atoms with Crippen LogP contribution in [0.4, 0.5) is 13.2 Å². The number of carboxylic acid groups (broad SMARTS) is 1. The fourth-order valence-electron chi connectivity index (χ4n) is 1.49. The maximum atomic E-state index is 12.0. The maximum Gasteiger partial charge on any atom is 0.405 e. The minimum Gasteiger partial charge on any atom is -0.478 e. The van der Waals surface area contributed by atoms with Gasteiger partial charge in [-0.05, 0) is 36.3 Å². The van der Waals surface area contributed by atoms with Crippen molar-refractivity contribution in [3.8, 4) is 0 Å². The number of aryl methyl sites for hydroxylation is 1. The lowest BCUT2D eigenvalue weighted by atomic mass is 10.1. The zero-order valence-electron chi connectivity index (χ0n) is 10.5. The van der Waals surface area contributed by atoms with Gasteiger partial charge in [0.25, 0.3) is 5.91 Å². The third-order valence-corrected chi connectivity index (χ3v) is 2.23. The van der Waals surface area contributed by atoms with Crippen LogP contribution in [-0.4, -0.2) is 29.7 Å². The highest BCUT2D eigenvalue weighted by atomic mass is 19.4. The molecule has 0 fully saturated rings. The Morgan fingerprint density at radius 2 is 1.95 bits per heavy atom. The molecule has 0 saturated carbocycles. The van der Waals surface area contributed by atoms with Crippen molar-refractivity contribution in [2.75, 3.05) is 6.54 Å². The molecule has 0 aliphatic carbocycles. The Bertz CT molecular complexity index is 550. The lowest BCUT2D eigenvalue weighted by Crippen LogP contribution is -2.33. The quantitative estimate of drug-likeness (QED) is 0.836. The number of nitrogens with one attached hydrogen (secondary N) is 1. The number of hydrogen-bond donors (Lipinski definition) is 2. The third-order valence-electron chi connectivity index (χ3n) is 2.23. The number of aliphatic carboxylic acids is 1. The van der Waals surface area contributed by atoms with E-state index in [0.717, 1.165) is 6.08 Å². The molecule has 0 aliphatic rings. The van der Waals surface area contributed by atoms with Gasteiger partial charge >= 0.3 is 12.1 Å². The first-order chi connectivity index (χ1) is 9.17. The Balaban J connectivity index is 2.90. The molecule has 1 amide bonds. The highest BCUT2D eigenvalue weighted by Gasteiger charge is 2.27. The molecule has 0 spiro atoms. The SMILES string of the molecule is Cc1cc(/C=C/C(=O)O)cc(C(=O)NCC(F)(F)F)c1. The van der Waals surface area contributed by atoms with Crippen LogP contribution in [0.2, 0.25) is 0 Å². The summed E-state index contributed by atoms with van der Waals surface area (Å²) < 4.78 is 36.0. The smallest absolute Gasteiger partial charge is 0.405 e. The van der Waals surface area contributed by atoms with Gasteiger partial charge in [-0.2, -0.15) is 13.2 Å². The monoisotopic (exact) mass is 287 g/mol. The molecular formula is C13H12F3NO3. The van der Waals surface area contributed by atoms with Gasteiger partial charge in [-0.3, -0.25) is 4.79 Å². The molecule has 0 atom stereocenters. The minimum atomic E-state index is -4.48. The number of hydrogen-bond acceptors (Lipinski definition) is 2. The van der Waals surface area contributed by atoms with Crippen molar-refractivity contribution < 1.29 is 27.9 Å². The van der Waals surface area contributed by atoms with Crippen molar-refractivity contribution in [2.24, 2.45) is 0 Å². The highest BCUT2D eigenvalue weighted by molar-refractivity contribution is 5.95. The van der Waals surface area contributed by atoms with Gasteiger partial charge in [-0.15, -0.1) is 0 Å². The van der Waals surface area contributed by atoms with E-state index in [2.05, 4.69) is 0 Å². The summed E-state index contributed by atoms with van der Waals surface area (Å²) in [4.78, 5) is 22.0. The summed E-state index contributed by atoms with van der Waals surface area (Å²) >= 11 is 0. The average Bonchev–Trinajstić information content (AvgIpc) is 2.32. The molecule has 0 heterocycles. The Morgan fingerprint density at radius 3 is 2.50 bits per heavy atom. The number of carboxylic acids is 1. The molecule has 1 aromatic rings. The topological polar surface area (TPSA) is 66.4 Å². The van der Waals surface area contributed by atoms with Crippen LogP contribution in [0.15, 0.2) is 24.3 Å². The van der Waals surface area contributed by atoms with Gasteiger partial charge in [0.05, 0.1) is 0 Å².